The first-order valence-corrected chi connectivity index (χ1v) is 22.4. The van der Waals surface area contributed by atoms with Gasteiger partial charge < -0.3 is 40.3 Å². The van der Waals surface area contributed by atoms with Gasteiger partial charge in [0.15, 0.2) is 6.29 Å². The summed E-state index contributed by atoms with van der Waals surface area (Å²) in [5.74, 6) is -0.175. The number of aliphatic hydroxyl groups is 5. The largest absolute Gasteiger partial charge is 0.394 e. The molecule has 2 unspecified atom stereocenters. The number of allylic oxidation sites excluding steroid dienone is 1. The van der Waals surface area contributed by atoms with Gasteiger partial charge >= 0.3 is 0 Å². The van der Waals surface area contributed by atoms with Crippen LogP contribution in [-0.4, -0.2) is 87.5 Å². The smallest absolute Gasteiger partial charge is 0.220 e. The van der Waals surface area contributed by atoms with E-state index < -0.39 is 49.5 Å². The lowest BCUT2D eigenvalue weighted by molar-refractivity contribution is -0.302. The fraction of sp³-hybridized carbons (Fsp3) is 0.932. The minimum Gasteiger partial charge on any atom is -0.394 e. The summed E-state index contributed by atoms with van der Waals surface area (Å²) in [6.07, 6.45) is 32.5. The molecule has 1 aliphatic heterocycles. The maximum atomic E-state index is 12.9. The van der Waals surface area contributed by atoms with E-state index in [9.17, 15) is 30.3 Å². The first-order chi connectivity index (χ1) is 25.8. The first kappa shape index (κ1) is 49.9. The summed E-state index contributed by atoms with van der Waals surface area (Å²) in [6, 6.07) is -0.797. The summed E-state index contributed by atoms with van der Waals surface area (Å²) < 4.78 is 11.2. The third kappa shape index (κ3) is 26.4. The Labute approximate surface area is 325 Å². The lowest BCUT2D eigenvalue weighted by Crippen LogP contribution is -2.60. The molecule has 0 aliphatic carbocycles. The quantitative estimate of drug-likeness (QED) is 0.0272. The molecule has 0 saturated carbocycles. The summed E-state index contributed by atoms with van der Waals surface area (Å²) in [5.41, 5.74) is 0. The van der Waals surface area contributed by atoms with Crippen molar-refractivity contribution >= 4 is 5.91 Å². The van der Waals surface area contributed by atoms with Crippen LogP contribution in [0.5, 0.6) is 0 Å². The monoisotopic (exact) mass is 756 g/mol. The van der Waals surface area contributed by atoms with Crippen molar-refractivity contribution in [2.45, 2.75) is 249 Å². The number of ether oxygens (including phenoxy) is 2. The topological polar surface area (TPSA) is 149 Å². The van der Waals surface area contributed by atoms with E-state index in [4.69, 9.17) is 9.47 Å². The molecule has 0 aromatic rings. The standard InChI is InChI=1S/C44H85NO8/c1-3-5-7-9-11-13-15-17-19-21-23-25-27-29-31-33-38(47)37(36-52-44-43(51)42(50)41(49)39(35-46)53-44)45-40(48)34-32-30-28-26-24-22-20-18-16-14-12-10-8-6-4-2/h31,33,37-39,41-44,46-47,49-51H,3-30,32,34-36H2,1-2H3,(H,45,48)/b33-31+/t37-,38+,39+,41-,42?,43?,44+/m0/s1. The van der Waals surface area contributed by atoms with Crippen molar-refractivity contribution in [1.82, 2.24) is 5.32 Å². The molecule has 0 aromatic heterocycles. The van der Waals surface area contributed by atoms with E-state index in [0.717, 1.165) is 38.5 Å². The van der Waals surface area contributed by atoms with E-state index in [0.29, 0.717) is 6.42 Å². The fourth-order valence-electron chi connectivity index (χ4n) is 7.21. The Bertz CT molecular complexity index is 842. The van der Waals surface area contributed by atoms with Crippen molar-refractivity contribution in [3.05, 3.63) is 12.2 Å². The number of carbonyl (C=O) groups is 1. The third-order valence-corrected chi connectivity index (χ3v) is 10.9. The van der Waals surface area contributed by atoms with Crippen LogP contribution in [-0.2, 0) is 14.3 Å². The van der Waals surface area contributed by atoms with Gasteiger partial charge in [0.1, 0.15) is 24.4 Å². The van der Waals surface area contributed by atoms with Gasteiger partial charge in [0.25, 0.3) is 0 Å². The summed E-state index contributed by atoms with van der Waals surface area (Å²) >= 11 is 0. The van der Waals surface area contributed by atoms with Crippen LogP contribution in [0.4, 0.5) is 0 Å². The SMILES string of the molecule is CCCCCCCCCCCCCCC/C=C/[C@@H](O)[C@H](CO[C@@H]1O[C@H](CO)[C@H](O)C(O)C1O)NC(=O)CCCCCCCCCCCCCCCCC. The van der Waals surface area contributed by atoms with E-state index in [1.54, 1.807) is 6.08 Å². The highest BCUT2D eigenvalue weighted by Crippen LogP contribution is 2.23. The minimum atomic E-state index is -1.56. The molecule has 1 saturated heterocycles. The minimum absolute atomic E-state index is 0.175. The number of amides is 1. The van der Waals surface area contributed by atoms with Gasteiger partial charge in [-0.2, -0.15) is 0 Å². The van der Waals surface area contributed by atoms with Crippen molar-refractivity contribution in [2.75, 3.05) is 13.2 Å². The number of rotatable bonds is 37. The molecule has 1 heterocycles. The molecule has 1 rings (SSSR count). The average Bonchev–Trinajstić information content (AvgIpc) is 3.16. The molecule has 53 heavy (non-hydrogen) atoms. The molecule has 1 amide bonds. The number of aliphatic hydroxyl groups excluding tert-OH is 5. The van der Waals surface area contributed by atoms with Crippen LogP contribution in [0.15, 0.2) is 12.2 Å². The van der Waals surface area contributed by atoms with Crippen molar-refractivity contribution in [3.63, 3.8) is 0 Å². The van der Waals surface area contributed by atoms with E-state index in [2.05, 4.69) is 19.2 Å². The summed E-state index contributed by atoms with van der Waals surface area (Å²) in [5, 5.41) is 54.1. The average molecular weight is 756 g/mol. The van der Waals surface area contributed by atoms with Gasteiger partial charge in [-0.1, -0.05) is 193 Å². The number of carbonyl (C=O) groups excluding carboxylic acids is 1. The van der Waals surface area contributed by atoms with E-state index in [-0.39, 0.29) is 12.5 Å². The lowest BCUT2D eigenvalue weighted by atomic mass is 9.99. The van der Waals surface area contributed by atoms with Crippen LogP contribution in [0, 0.1) is 0 Å². The van der Waals surface area contributed by atoms with E-state index in [1.165, 1.54) is 148 Å². The molecule has 0 aromatic carbocycles. The zero-order chi connectivity index (χ0) is 38.8. The molecule has 1 aliphatic rings. The van der Waals surface area contributed by atoms with Gasteiger partial charge in [0, 0.05) is 6.42 Å². The van der Waals surface area contributed by atoms with Crippen LogP contribution in [0.3, 0.4) is 0 Å². The third-order valence-electron chi connectivity index (χ3n) is 10.9. The molecule has 6 N–H and O–H groups in total. The number of hydrogen-bond acceptors (Lipinski definition) is 8. The second-order valence-corrected chi connectivity index (χ2v) is 15.9. The normalized spacial score (nSPS) is 21.7. The van der Waals surface area contributed by atoms with Crippen LogP contribution in [0.25, 0.3) is 0 Å². The summed E-state index contributed by atoms with van der Waals surface area (Å²) in [4.78, 5) is 12.9. The number of unbranched alkanes of at least 4 members (excludes halogenated alkanes) is 27. The molecule has 0 radical (unpaired) electrons. The summed E-state index contributed by atoms with van der Waals surface area (Å²) in [7, 11) is 0. The second kappa shape index (κ2) is 35.4. The van der Waals surface area contributed by atoms with Crippen molar-refractivity contribution < 1.29 is 39.8 Å². The van der Waals surface area contributed by atoms with Gasteiger partial charge in [-0.3, -0.25) is 4.79 Å². The lowest BCUT2D eigenvalue weighted by Gasteiger charge is -2.40. The molecular weight excluding hydrogens is 670 g/mol. The van der Waals surface area contributed by atoms with Gasteiger partial charge in [0.2, 0.25) is 5.91 Å². The van der Waals surface area contributed by atoms with Crippen LogP contribution in [0.1, 0.15) is 206 Å². The molecule has 1 fully saturated rings. The van der Waals surface area contributed by atoms with Crippen LogP contribution < -0.4 is 5.32 Å². The molecule has 7 atom stereocenters. The second-order valence-electron chi connectivity index (χ2n) is 15.9. The van der Waals surface area contributed by atoms with Crippen LogP contribution >= 0.6 is 0 Å². The molecule has 0 bridgehead atoms. The zero-order valence-corrected chi connectivity index (χ0v) is 34.3. The molecule has 314 valence electrons. The number of hydrogen-bond donors (Lipinski definition) is 6. The Morgan fingerprint density at radius 1 is 0.623 bits per heavy atom. The predicted octanol–water partition coefficient (Wildman–Crippen LogP) is 8.95. The van der Waals surface area contributed by atoms with E-state index in [1.807, 2.05) is 6.08 Å². The van der Waals surface area contributed by atoms with Gasteiger partial charge in [-0.15, -0.1) is 0 Å². The van der Waals surface area contributed by atoms with Gasteiger partial charge in [0.05, 0.1) is 25.4 Å². The Morgan fingerprint density at radius 2 is 1.04 bits per heavy atom. The number of nitrogens with one attached hydrogen (secondary N) is 1. The van der Waals surface area contributed by atoms with Crippen molar-refractivity contribution in [1.29, 1.82) is 0 Å². The van der Waals surface area contributed by atoms with Crippen molar-refractivity contribution in [3.8, 4) is 0 Å². The zero-order valence-electron chi connectivity index (χ0n) is 34.3. The maximum absolute atomic E-state index is 12.9. The highest BCUT2D eigenvalue weighted by atomic mass is 16.7. The molecule has 0 spiro atoms. The highest BCUT2D eigenvalue weighted by molar-refractivity contribution is 5.76. The van der Waals surface area contributed by atoms with Gasteiger partial charge in [-0.05, 0) is 19.3 Å². The highest BCUT2D eigenvalue weighted by Gasteiger charge is 2.44. The fourth-order valence-corrected chi connectivity index (χ4v) is 7.21. The molecule has 9 heteroatoms. The van der Waals surface area contributed by atoms with E-state index >= 15 is 0 Å². The predicted molar refractivity (Wildman–Crippen MR) is 217 cm³/mol. The Morgan fingerprint density at radius 3 is 1.47 bits per heavy atom. The Kier molecular flexibility index (Phi) is 33.3. The van der Waals surface area contributed by atoms with Gasteiger partial charge in [-0.25, -0.2) is 0 Å². The first-order valence-electron chi connectivity index (χ1n) is 22.4. The summed E-state index contributed by atoms with van der Waals surface area (Å²) in [6.45, 7) is 3.78. The van der Waals surface area contributed by atoms with Crippen molar-refractivity contribution in [2.24, 2.45) is 0 Å². The Hall–Kier alpha value is -1.07. The Balaban J connectivity index is 2.37. The van der Waals surface area contributed by atoms with Crippen LogP contribution in [0.2, 0.25) is 0 Å². The molecule has 9 nitrogen and oxygen atoms in total. The molecular formula is C44H85NO8. The maximum Gasteiger partial charge on any atom is 0.220 e.